The van der Waals surface area contributed by atoms with Crippen molar-refractivity contribution in [1.82, 2.24) is 0 Å². The Kier molecular flexibility index (Phi) is 6.66. The molecule has 0 aliphatic heterocycles. The van der Waals surface area contributed by atoms with Crippen molar-refractivity contribution in [1.29, 1.82) is 0 Å². The first-order valence-electron chi connectivity index (χ1n) is 11.1. The van der Waals surface area contributed by atoms with E-state index < -0.39 is 41.9 Å². The Hall–Kier alpha value is -0.420. The molecule has 0 radical (unpaired) electrons. The fourth-order valence-electron chi connectivity index (χ4n) is 5.90. The fourth-order valence-corrected chi connectivity index (χ4v) is 5.90. The molecule has 164 valence electrons. The minimum atomic E-state index is -4.03. The van der Waals surface area contributed by atoms with Crippen LogP contribution in [0.15, 0.2) is 0 Å². The van der Waals surface area contributed by atoms with E-state index in [1.807, 2.05) is 6.92 Å². The zero-order chi connectivity index (χ0) is 20.7. The lowest BCUT2D eigenvalue weighted by molar-refractivity contribution is -0.270. The molecule has 4 unspecified atom stereocenters. The average molecular weight is 413 g/mol. The van der Waals surface area contributed by atoms with Crippen molar-refractivity contribution < 1.29 is 26.3 Å². The summed E-state index contributed by atoms with van der Waals surface area (Å²) in [5.74, 6) is -11.2. The first-order chi connectivity index (χ1) is 13.1. The highest BCUT2D eigenvalue weighted by molar-refractivity contribution is 4.99. The van der Waals surface area contributed by atoms with Gasteiger partial charge in [-0.2, -0.15) is 17.6 Å². The van der Waals surface area contributed by atoms with Gasteiger partial charge in [-0.1, -0.05) is 26.7 Å². The van der Waals surface area contributed by atoms with Crippen LogP contribution in [-0.2, 0) is 0 Å². The molecule has 28 heavy (non-hydrogen) atoms. The van der Waals surface area contributed by atoms with Gasteiger partial charge in [0.2, 0.25) is 0 Å². The van der Waals surface area contributed by atoms with E-state index in [1.165, 1.54) is 0 Å². The number of halogens is 6. The molecule has 4 atom stereocenters. The molecule has 6 heteroatoms. The summed E-state index contributed by atoms with van der Waals surface area (Å²) in [5.41, 5.74) is 0. The lowest BCUT2D eigenvalue weighted by Gasteiger charge is -2.44. The molecule has 0 aromatic heterocycles. The van der Waals surface area contributed by atoms with Crippen molar-refractivity contribution in [3.05, 3.63) is 0 Å². The van der Waals surface area contributed by atoms with Crippen LogP contribution >= 0.6 is 0 Å². The quantitative estimate of drug-likeness (QED) is 0.417. The maximum absolute atomic E-state index is 14.8. The molecule has 3 fully saturated rings. The minimum Gasteiger partial charge on any atom is -0.244 e. The molecule has 0 N–H and O–H groups in total. The maximum Gasteiger partial charge on any atom is 0.313 e. The summed E-state index contributed by atoms with van der Waals surface area (Å²) in [5, 5.41) is 0. The molecule has 0 spiro atoms. The van der Waals surface area contributed by atoms with Gasteiger partial charge in [0.1, 0.15) is 12.3 Å². The van der Waals surface area contributed by atoms with Gasteiger partial charge in [-0.3, -0.25) is 0 Å². The molecular formula is C22H34F6. The molecule has 0 amide bonds. The van der Waals surface area contributed by atoms with Crippen molar-refractivity contribution in [2.24, 2.45) is 35.5 Å². The van der Waals surface area contributed by atoms with Crippen molar-refractivity contribution in [3.8, 4) is 0 Å². The Morgan fingerprint density at radius 3 is 1.54 bits per heavy atom. The van der Waals surface area contributed by atoms with Gasteiger partial charge in [0, 0.05) is 11.8 Å². The van der Waals surface area contributed by atoms with Gasteiger partial charge in [-0.25, -0.2) is 8.78 Å². The molecule has 0 heterocycles. The van der Waals surface area contributed by atoms with Crippen LogP contribution in [0, 0.1) is 35.5 Å². The van der Waals surface area contributed by atoms with Crippen LogP contribution in [0.5, 0.6) is 0 Å². The lowest BCUT2D eigenvalue weighted by atomic mass is 9.66. The van der Waals surface area contributed by atoms with Gasteiger partial charge in [-0.15, -0.1) is 0 Å². The summed E-state index contributed by atoms with van der Waals surface area (Å²) in [6.07, 6.45) is 0.101. The molecule has 0 nitrogen and oxygen atoms in total. The van der Waals surface area contributed by atoms with E-state index in [0.717, 1.165) is 0 Å². The zero-order valence-corrected chi connectivity index (χ0v) is 17.0. The smallest absolute Gasteiger partial charge is 0.244 e. The number of hydrogen-bond donors (Lipinski definition) is 0. The minimum absolute atomic E-state index is 0.0217. The molecule has 3 aliphatic rings. The first kappa shape index (κ1) is 22.3. The molecule has 0 saturated heterocycles. The number of alkyl halides is 6. The Morgan fingerprint density at radius 2 is 1.04 bits per heavy atom. The summed E-state index contributed by atoms with van der Waals surface area (Å²) in [6, 6.07) is 0. The van der Waals surface area contributed by atoms with Crippen molar-refractivity contribution in [3.63, 3.8) is 0 Å². The van der Waals surface area contributed by atoms with Crippen molar-refractivity contribution >= 4 is 0 Å². The van der Waals surface area contributed by atoms with E-state index in [2.05, 4.69) is 0 Å². The van der Waals surface area contributed by atoms with E-state index >= 15 is 0 Å². The molecule has 0 bridgehead atoms. The van der Waals surface area contributed by atoms with Crippen LogP contribution in [0.4, 0.5) is 26.3 Å². The second-order valence-corrected chi connectivity index (χ2v) is 9.92. The molecule has 3 rings (SSSR count). The second-order valence-electron chi connectivity index (χ2n) is 9.92. The SMILES string of the molecule is CC1CCC(C(F)(F)C(F)(F)C2CCC(C3CCC(C)C(F)C3F)CC2)CC1. The third kappa shape index (κ3) is 4.08. The van der Waals surface area contributed by atoms with E-state index in [9.17, 15) is 26.3 Å². The van der Waals surface area contributed by atoms with E-state index in [0.29, 0.717) is 44.4 Å². The first-order valence-corrected chi connectivity index (χ1v) is 11.1. The van der Waals surface area contributed by atoms with E-state index in [4.69, 9.17) is 0 Å². The summed E-state index contributed by atoms with van der Waals surface area (Å²) in [4.78, 5) is 0. The van der Waals surface area contributed by atoms with Gasteiger partial charge < -0.3 is 0 Å². The monoisotopic (exact) mass is 412 g/mol. The van der Waals surface area contributed by atoms with Gasteiger partial charge >= 0.3 is 11.8 Å². The second kappa shape index (κ2) is 8.37. The topological polar surface area (TPSA) is 0 Å². The van der Waals surface area contributed by atoms with Crippen LogP contribution in [0.1, 0.15) is 78.1 Å². The summed E-state index contributed by atoms with van der Waals surface area (Å²) >= 11 is 0. The summed E-state index contributed by atoms with van der Waals surface area (Å²) in [6.45, 7) is 3.67. The Balaban J connectivity index is 1.60. The normalized spacial score (nSPS) is 43.7. The van der Waals surface area contributed by atoms with Gasteiger partial charge in [0.25, 0.3) is 0 Å². The zero-order valence-electron chi connectivity index (χ0n) is 17.0. The predicted molar refractivity (Wildman–Crippen MR) is 98.1 cm³/mol. The maximum atomic E-state index is 14.8. The Morgan fingerprint density at radius 1 is 0.571 bits per heavy atom. The van der Waals surface area contributed by atoms with Gasteiger partial charge in [0.05, 0.1) is 0 Å². The molecular weight excluding hydrogens is 378 g/mol. The number of hydrogen-bond acceptors (Lipinski definition) is 0. The lowest BCUT2D eigenvalue weighted by Crippen LogP contribution is -2.53. The molecule has 0 aromatic carbocycles. The standard InChI is InChI=1S/C22H34F6/c1-13-3-8-16(9-4-13)21(25,26)22(27,28)17-10-6-15(7-11-17)18-12-5-14(2)19(23)20(18)24/h13-20H,3-12H2,1-2H3. The third-order valence-corrected chi connectivity index (χ3v) is 8.08. The predicted octanol–water partition coefficient (Wildman–Crippen LogP) is 7.61. The molecule has 3 saturated carbocycles. The average Bonchev–Trinajstić information content (AvgIpc) is 2.66. The van der Waals surface area contributed by atoms with Crippen LogP contribution in [0.2, 0.25) is 0 Å². The molecule has 3 aliphatic carbocycles. The van der Waals surface area contributed by atoms with Crippen molar-refractivity contribution in [2.75, 3.05) is 0 Å². The van der Waals surface area contributed by atoms with E-state index in [-0.39, 0.29) is 37.5 Å². The highest BCUT2D eigenvalue weighted by atomic mass is 19.3. The van der Waals surface area contributed by atoms with Crippen LogP contribution in [0.3, 0.4) is 0 Å². The van der Waals surface area contributed by atoms with E-state index in [1.54, 1.807) is 6.92 Å². The Labute approximate surface area is 164 Å². The van der Waals surface area contributed by atoms with Crippen LogP contribution < -0.4 is 0 Å². The largest absolute Gasteiger partial charge is 0.313 e. The van der Waals surface area contributed by atoms with Gasteiger partial charge in [-0.05, 0) is 75.0 Å². The highest BCUT2D eigenvalue weighted by Crippen LogP contribution is 2.54. The highest BCUT2D eigenvalue weighted by Gasteiger charge is 2.64. The van der Waals surface area contributed by atoms with Crippen LogP contribution in [-0.4, -0.2) is 24.2 Å². The van der Waals surface area contributed by atoms with Crippen LogP contribution in [0.25, 0.3) is 0 Å². The third-order valence-electron chi connectivity index (χ3n) is 8.08. The fraction of sp³-hybridized carbons (Fsp3) is 1.00. The van der Waals surface area contributed by atoms with Crippen molar-refractivity contribution in [2.45, 2.75) is 102 Å². The summed E-state index contributed by atoms with van der Waals surface area (Å²) < 4.78 is 87.6. The number of rotatable bonds is 4. The Bertz CT molecular complexity index is 505. The van der Waals surface area contributed by atoms with Gasteiger partial charge in [0.15, 0.2) is 0 Å². The molecule has 0 aromatic rings. The summed E-state index contributed by atoms with van der Waals surface area (Å²) in [7, 11) is 0.